The number of aromatic nitrogens is 5. The van der Waals surface area contributed by atoms with Gasteiger partial charge in [0.05, 0.1) is 5.51 Å². The first-order chi connectivity index (χ1) is 7.88. The summed E-state index contributed by atoms with van der Waals surface area (Å²) in [6.45, 7) is 0. The first-order valence-electron chi connectivity index (χ1n) is 4.44. The SMILES string of the molecule is NNc1ncnc2nc(-c3cscn3)[nH]c12. The molecule has 7 nitrogen and oxygen atoms in total. The van der Waals surface area contributed by atoms with Crippen molar-refractivity contribution in [2.45, 2.75) is 0 Å². The fourth-order valence-corrected chi connectivity index (χ4v) is 1.93. The molecular formula is C8H7N7S. The molecule has 0 aliphatic heterocycles. The van der Waals surface area contributed by atoms with Gasteiger partial charge in [0.25, 0.3) is 0 Å². The van der Waals surface area contributed by atoms with Crippen LogP contribution in [0.3, 0.4) is 0 Å². The topological polar surface area (TPSA) is 105 Å². The second kappa shape index (κ2) is 3.51. The van der Waals surface area contributed by atoms with Crippen LogP contribution in [0.1, 0.15) is 0 Å². The smallest absolute Gasteiger partial charge is 0.183 e. The average molecular weight is 233 g/mol. The van der Waals surface area contributed by atoms with Crippen molar-refractivity contribution >= 4 is 28.3 Å². The van der Waals surface area contributed by atoms with Crippen LogP contribution >= 0.6 is 11.3 Å². The Balaban J connectivity index is 2.23. The van der Waals surface area contributed by atoms with Crippen LogP contribution in [0.2, 0.25) is 0 Å². The molecule has 0 atom stereocenters. The minimum Gasteiger partial charge on any atom is -0.332 e. The van der Waals surface area contributed by atoms with Gasteiger partial charge >= 0.3 is 0 Å². The zero-order valence-corrected chi connectivity index (χ0v) is 8.82. The molecule has 3 aromatic rings. The number of rotatable bonds is 2. The number of imidazole rings is 1. The summed E-state index contributed by atoms with van der Waals surface area (Å²) in [6.07, 6.45) is 1.41. The predicted molar refractivity (Wildman–Crippen MR) is 60.6 cm³/mol. The molecule has 0 saturated carbocycles. The number of nitrogens with two attached hydrogens (primary N) is 1. The Kier molecular flexibility index (Phi) is 2.01. The van der Waals surface area contributed by atoms with Gasteiger partial charge in [0.2, 0.25) is 0 Å². The molecule has 3 heterocycles. The number of hydrogen-bond acceptors (Lipinski definition) is 7. The van der Waals surface area contributed by atoms with Gasteiger partial charge in [-0.15, -0.1) is 11.3 Å². The van der Waals surface area contributed by atoms with Crippen LogP contribution in [0.5, 0.6) is 0 Å². The van der Waals surface area contributed by atoms with Gasteiger partial charge in [-0.05, 0) is 0 Å². The molecule has 0 fully saturated rings. The summed E-state index contributed by atoms with van der Waals surface area (Å²) in [6, 6.07) is 0. The van der Waals surface area contributed by atoms with Gasteiger partial charge in [-0.2, -0.15) is 0 Å². The van der Waals surface area contributed by atoms with Gasteiger partial charge in [-0.3, -0.25) is 0 Å². The number of nitrogen functional groups attached to an aromatic ring is 1. The maximum atomic E-state index is 5.34. The number of anilines is 1. The van der Waals surface area contributed by atoms with E-state index in [1.54, 1.807) is 5.51 Å². The van der Waals surface area contributed by atoms with Gasteiger partial charge in [0.1, 0.15) is 17.5 Å². The molecule has 0 amide bonds. The Morgan fingerprint density at radius 1 is 1.31 bits per heavy atom. The molecule has 4 N–H and O–H groups in total. The van der Waals surface area contributed by atoms with Crippen molar-refractivity contribution in [1.82, 2.24) is 24.9 Å². The van der Waals surface area contributed by atoms with Crippen LogP contribution in [-0.2, 0) is 0 Å². The summed E-state index contributed by atoms with van der Waals surface area (Å²) in [5.41, 5.74) is 6.25. The van der Waals surface area contributed by atoms with E-state index >= 15 is 0 Å². The van der Waals surface area contributed by atoms with Gasteiger partial charge in [-0.25, -0.2) is 25.8 Å². The Hall–Kier alpha value is -2.06. The van der Waals surface area contributed by atoms with E-state index in [1.807, 2.05) is 5.38 Å². The van der Waals surface area contributed by atoms with Gasteiger partial charge in [0.15, 0.2) is 17.3 Å². The normalized spacial score (nSPS) is 10.8. The Bertz CT molecular complexity index is 614. The molecule has 0 aliphatic carbocycles. The number of H-pyrrole nitrogens is 1. The number of hydrazine groups is 1. The summed E-state index contributed by atoms with van der Waals surface area (Å²) in [7, 11) is 0. The molecule has 0 spiro atoms. The molecular weight excluding hydrogens is 226 g/mol. The van der Waals surface area contributed by atoms with E-state index in [1.165, 1.54) is 17.7 Å². The van der Waals surface area contributed by atoms with E-state index < -0.39 is 0 Å². The van der Waals surface area contributed by atoms with Crippen LogP contribution in [0.15, 0.2) is 17.2 Å². The van der Waals surface area contributed by atoms with Crippen molar-refractivity contribution in [2.75, 3.05) is 5.43 Å². The standard InChI is InChI=1S/C8H7N7S/c9-15-8-5-7(10-2-11-8)14-6(13-5)4-1-16-3-12-4/h1-3H,9H2,(H2,10,11,13,14,15). The van der Waals surface area contributed by atoms with E-state index in [4.69, 9.17) is 5.84 Å². The molecule has 8 heteroatoms. The third-order valence-corrected chi connectivity index (χ3v) is 2.69. The van der Waals surface area contributed by atoms with Crippen molar-refractivity contribution < 1.29 is 0 Å². The van der Waals surface area contributed by atoms with E-state index in [-0.39, 0.29) is 0 Å². The minimum atomic E-state index is 0.513. The minimum absolute atomic E-state index is 0.513. The molecule has 0 bridgehead atoms. The number of hydrogen-bond donors (Lipinski definition) is 3. The lowest BCUT2D eigenvalue weighted by Gasteiger charge is -1.96. The molecule has 80 valence electrons. The summed E-state index contributed by atoms with van der Waals surface area (Å²) in [5.74, 6) is 6.52. The molecule has 0 saturated heterocycles. The third kappa shape index (κ3) is 1.32. The van der Waals surface area contributed by atoms with Gasteiger partial charge in [0, 0.05) is 5.38 Å². The third-order valence-electron chi connectivity index (χ3n) is 2.10. The molecule has 3 aromatic heterocycles. The van der Waals surface area contributed by atoms with E-state index in [0.29, 0.717) is 22.8 Å². The molecule has 0 unspecified atom stereocenters. The average Bonchev–Trinajstić information content (AvgIpc) is 2.96. The molecule has 16 heavy (non-hydrogen) atoms. The second-order valence-corrected chi connectivity index (χ2v) is 3.74. The Morgan fingerprint density at radius 2 is 2.25 bits per heavy atom. The lowest BCUT2D eigenvalue weighted by atomic mass is 10.5. The zero-order valence-electron chi connectivity index (χ0n) is 8.01. The fraction of sp³-hybridized carbons (Fsp3) is 0. The maximum Gasteiger partial charge on any atom is 0.183 e. The molecule has 0 aliphatic rings. The number of nitrogens with zero attached hydrogens (tertiary/aromatic N) is 4. The van der Waals surface area contributed by atoms with Crippen molar-refractivity contribution in [3.8, 4) is 11.5 Å². The highest BCUT2D eigenvalue weighted by Crippen LogP contribution is 2.21. The fourth-order valence-electron chi connectivity index (χ4n) is 1.39. The molecule has 0 radical (unpaired) electrons. The number of nitrogens with one attached hydrogen (secondary N) is 2. The van der Waals surface area contributed by atoms with Gasteiger partial charge in [-0.1, -0.05) is 0 Å². The van der Waals surface area contributed by atoms with Crippen molar-refractivity contribution in [3.63, 3.8) is 0 Å². The Labute approximate surface area is 93.8 Å². The zero-order chi connectivity index (χ0) is 11.0. The van der Waals surface area contributed by atoms with Gasteiger partial charge < -0.3 is 10.4 Å². The quantitative estimate of drug-likeness (QED) is 0.446. The van der Waals surface area contributed by atoms with E-state index in [9.17, 15) is 0 Å². The lowest BCUT2D eigenvalue weighted by Crippen LogP contribution is -2.09. The number of fused-ring (bicyclic) bond motifs is 1. The molecule has 0 aromatic carbocycles. The van der Waals surface area contributed by atoms with Crippen LogP contribution in [0.25, 0.3) is 22.7 Å². The molecule has 3 rings (SSSR count). The van der Waals surface area contributed by atoms with E-state index in [2.05, 4.69) is 30.3 Å². The largest absolute Gasteiger partial charge is 0.332 e. The summed E-state index contributed by atoms with van der Waals surface area (Å²) >= 11 is 1.51. The van der Waals surface area contributed by atoms with Crippen LogP contribution < -0.4 is 11.3 Å². The van der Waals surface area contributed by atoms with Crippen molar-refractivity contribution in [3.05, 3.63) is 17.2 Å². The first-order valence-corrected chi connectivity index (χ1v) is 5.38. The maximum absolute atomic E-state index is 5.34. The van der Waals surface area contributed by atoms with Crippen LogP contribution in [0.4, 0.5) is 5.82 Å². The monoisotopic (exact) mass is 233 g/mol. The lowest BCUT2D eigenvalue weighted by molar-refractivity contribution is 1.17. The number of aromatic amines is 1. The van der Waals surface area contributed by atoms with Crippen LogP contribution in [0, 0.1) is 0 Å². The highest BCUT2D eigenvalue weighted by atomic mass is 32.1. The highest BCUT2D eigenvalue weighted by Gasteiger charge is 2.10. The van der Waals surface area contributed by atoms with Crippen molar-refractivity contribution in [1.29, 1.82) is 0 Å². The Morgan fingerprint density at radius 3 is 3.00 bits per heavy atom. The van der Waals surface area contributed by atoms with Crippen LogP contribution in [-0.4, -0.2) is 24.9 Å². The summed E-state index contributed by atoms with van der Waals surface area (Å²) in [4.78, 5) is 19.6. The van der Waals surface area contributed by atoms with E-state index in [0.717, 1.165) is 5.69 Å². The first kappa shape index (κ1) is 9.19. The van der Waals surface area contributed by atoms with Crippen molar-refractivity contribution in [2.24, 2.45) is 5.84 Å². The summed E-state index contributed by atoms with van der Waals surface area (Å²) in [5, 5.41) is 1.90. The highest BCUT2D eigenvalue weighted by molar-refractivity contribution is 7.07. The number of thiazole rings is 1. The second-order valence-electron chi connectivity index (χ2n) is 3.02. The predicted octanol–water partition coefficient (Wildman–Crippen LogP) is 0.762. The summed E-state index contributed by atoms with van der Waals surface area (Å²) < 4.78 is 0.